The maximum atomic E-state index is 12.1. The van der Waals surface area contributed by atoms with Gasteiger partial charge in [-0.1, -0.05) is 23.2 Å². The molecule has 0 atom stereocenters. The number of ether oxygens (including phenoxy) is 3. The first-order valence-corrected chi connectivity index (χ1v) is 9.89. The molecule has 0 bridgehead atoms. The molecule has 3 rings (SSSR count). The number of nitrogens with one attached hydrogen (secondary N) is 3. The third-order valence-electron chi connectivity index (χ3n) is 4.12. The first-order valence-electron chi connectivity index (χ1n) is 9.13. The number of rotatable bonds is 9. The molecule has 0 saturated carbocycles. The fourth-order valence-electron chi connectivity index (χ4n) is 2.53. The van der Waals surface area contributed by atoms with Crippen molar-refractivity contribution in [3.8, 4) is 17.2 Å². The third-order valence-corrected chi connectivity index (χ3v) is 4.65. The zero-order chi connectivity index (χ0) is 23.1. The highest BCUT2D eigenvalue weighted by atomic mass is 35.5. The molecule has 0 radical (unpaired) electrons. The van der Waals surface area contributed by atoms with Gasteiger partial charge in [0.15, 0.2) is 18.2 Å². The van der Waals surface area contributed by atoms with Crippen molar-refractivity contribution in [2.24, 2.45) is 0 Å². The maximum Gasteiger partial charge on any atom is 0.276 e. The van der Waals surface area contributed by atoms with Crippen molar-refractivity contribution in [1.29, 1.82) is 0 Å². The van der Waals surface area contributed by atoms with Gasteiger partial charge in [0.1, 0.15) is 29.3 Å². The molecule has 0 aliphatic rings. The number of amides is 1. The van der Waals surface area contributed by atoms with Gasteiger partial charge in [-0.2, -0.15) is 0 Å². The standard InChI is InChI=1S/C20H20Cl2N6O4/c1-30-12-4-6-16(31-2)14(8-12)26-19-18(23)20(25-10-24-19)28-27-17(29)9-32-15-5-3-11(21)7-13(15)22/h3-8,10H,9,23H2,1-2H3,(H,27,29)(H2,24,25,26,28). The molecule has 10 nitrogen and oxygen atoms in total. The number of hydrazine groups is 1. The minimum absolute atomic E-state index is 0.166. The van der Waals surface area contributed by atoms with Crippen LogP contribution in [0.4, 0.5) is 23.0 Å². The lowest BCUT2D eigenvalue weighted by Crippen LogP contribution is -2.34. The Morgan fingerprint density at radius 2 is 1.78 bits per heavy atom. The van der Waals surface area contributed by atoms with Gasteiger partial charge in [-0.25, -0.2) is 9.97 Å². The first-order chi connectivity index (χ1) is 15.4. The van der Waals surface area contributed by atoms with Crippen molar-refractivity contribution in [3.63, 3.8) is 0 Å². The van der Waals surface area contributed by atoms with Gasteiger partial charge in [-0.05, 0) is 30.3 Å². The number of benzene rings is 2. The lowest BCUT2D eigenvalue weighted by Gasteiger charge is -2.15. The molecule has 0 aliphatic heterocycles. The predicted molar refractivity (Wildman–Crippen MR) is 123 cm³/mol. The van der Waals surface area contributed by atoms with Crippen molar-refractivity contribution in [1.82, 2.24) is 15.4 Å². The average Bonchev–Trinajstić information content (AvgIpc) is 2.79. The van der Waals surface area contributed by atoms with Crippen LogP contribution in [-0.2, 0) is 4.79 Å². The number of nitrogens with zero attached hydrogens (tertiary/aromatic N) is 2. The summed E-state index contributed by atoms with van der Waals surface area (Å²) in [6.07, 6.45) is 1.28. The van der Waals surface area contributed by atoms with E-state index in [2.05, 4.69) is 26.1 Å². The number of aromatic nitrogens is 2. The van der Waals surface area contributed by atoms with Crippen molar-refractivity contribution in [3.05, 3.63) is 52.8 Å². The number of nitrogens with two attached hydrogens (primary N) is 1. The number of hydrogen-bond acceptors (Lipinski definition) is 9. The molecule has 2 aromatic carbocycles. The Labute approximate surface area is 194 Å². The monoisotopic (exact) mass is 478 g/mol. The molecule has 12 heteroatoms. The fraction of sp³-hybridized carbons (Fsp3) is 0.150. The second kappa shape index (κ2) is 10.6. The van der Waals surface area contributed by atoms with Crippen molar-refractivity contribution in [2.75, 3.05) is 37.3 Å². The zero-order valence-electron chi connectivity index (χ0n) is 17.1. The van der Waals surface area contributed by atoms with Gasteiger partial charge in [-0.3, -0.25) is 15.6 Å². The van der Waals surface area contributed by atoms with Crippen molar-refractivity contribution in [2.45, 2.75) is 0 Å². The smallest absolute Gasteiger partial charge is 0.276 e. The quantitative estimate of drug-likeness (QED) is 0.340. The lowest BCUT2D eigenvalue weighted by molar-refractivity contribution is -0.122. The highest BCUT2D eigenvalue weighted by molar-refractivity contribution is 6.35. The Bertz CT molecular complexity index is 1120. The van der Waals surface area contributed by atoms with Gasteiger partial charge in [0, 0.05) is 11.1 Å². The molecule has 32 heavy (non-hydrogen) atoms. The van der Waals surface area contributed by atoms with E-state index in [1.165, 1.54) is 19.5 Å². The van der Waals surface area contributed by atoms with Gasteiger partial charge in [0.25, 0.3) is 5.91 Å². The number of carbonyl (C=O) groups excluding carboxylic acids is 1. The molecule has 0 unspecified atom stereocenters. The molecule has 3 aromatic rings. The molecular weight excluding hydrogens is 459 g/mol. The molecule has 0 spiro atoms. The molecule has 1 amide bonds. The average molecular weight is 479 g/mol. The highest BCUT2D eigenvalue weighted by Gasteiger charge is 2.13. The normalized spacial score (nSPS) is 10.2. The summed E-state index contributed by atoms with van der Waals surface area (Å²) in [5.74, 6) is 1.50. The molecule has 1 heterocycles. The zero-order valence-corrected chi connectivity index (χ0v) is 18.6. The minimum Gasteiger partial charge on any atom is -0.497 e. The lowest BCUT2D eigenvalue weighted by atomic mass is 10.2. The van der Waals surface area contributed by atoms with E-state index in [1.807, 2.05) is 0 Å². The summed E-state index contributed by atoms with van der Waals surface area (Å²) in [5, 5.41) is 3.82. The summed E-state index contributed by atoms with van der Waals surface area (Å²) in [6.45, 7) is -0.300. The second-order valence-corrected chi connectivity index (χ2v) is 7.06. The summed E-state index contributed by atoms with van der Waals surface area (Å²) < 4.78 is 15.9. The SMILES string of the molecule is COc1ccc(OC)c(Nc2ncnc(NNC(=O)COc3ccc(Cl)cc3Cl)c2N)c1. The van der Waals surface area contributed by atoms with Crippen LogP contribution in [0.2, 0.25) is 10.0 Å². The van der Waals surface area contributed by atoms with Gasteiger partial charge < -0.3 is 25.3 Å². The number of hydrogen-bond donors (Lipinski definition) is 4. The number of anilines is 4. The third kappa shape index (κ3) is 5.74. The number of nitrogen functional groups attached to an aromatic ring is 1. The van der Waals surface area contributed by atoms with E-state index < -0.39 is 5.91 Å². The fourth-order valence-corrected chi connectivity index (χ4v) is 3.00. The van der Waals surface area contributed by atoms with Gasteiger partial charge in [0.2, 0.25) is 0 Å². The summed E-state index contributed by atoms with van der Waals surface area (Å²) in [4.78, 5) is 20.3. The molecule has 0 fully saturated rings. The van der Waals surface area contributed by atoms with Crippen LogP contribution in [-0.4, -0.2) is 36.7 Å². The van der Waals surface area contributed by atoms with Crippen LogP contribution in [0.15, 0.2) is 42.7 Å². The Morgan fingerprint density at radius 3 is 2.50 bits per heavy atom. The Balaban J connectivity index is 1.64. The van der Waals surface area contributed by atoms with E-state index in [9.17, 15) is 4.79 Å². The van der Waals surface area contributed by atoms with Crippen LogP contribution in [0, 0.1) is 0 Å². The molecule has 0 aliphatic carbocycles. The summed E-state index contributed by atoms with van der Waals surface area (Å²) in [5.41, 5.74) is 12.0. The van der Waals surface area contributed by atoms with Gasteiger partial charge in [0.05, 0.1) is 24.9 Å². The first kappa shape index (κ1) is 23.0. The van der Waals surface area contributed by atoms with E-state index in [0.29, 0.717) is 38.8 Å². The molecule has 168 valence electrons. The topological polar surface area (TPSA) is 133 Å². The Hall–Kier alpha value is -3.63. The summed E-state index contributed by atoms with van der Waals surface area (Å²) in [6, 6.07) is 9.92. The predicted octanol–water partition coefficient (Wildman–Crippen LogP) is 3.65. The number of halogens is 2. The van der Waals surface area contributed by atoms with E-state index in [0.717, 1.165) is 0 Å². The number of methoxy groups -OCH3 is 2. The van der Waals surface area contributed by atoms with Crippen LogP contribution in [0.5, 0.6) is 17.2 Å². The number of carbonyl (C=O) groups is 1. The Kier molecular flexibility index (Phi) is 7.63. The Morgan fingerprint density at radius 1 is 1.03 bits per heavy atom. The van der Waals surface area contributed by atoms with Crippen molar-refractivity contribution >= 4 is 52.1 Å². The molecule has 1 aromatic heterocycles. The van der Waals surface area contributed by atoms with Crippen LogP contribution in [0.1, 0.15) is 0 Å². The van der Waals surface area contributed by atoms with Crippen LogP contribution in [0.25, 0.3) is 0 Å². The van der Waals surface area contributed by atoms with E-state index in [1.54, 1.807) is 37.4 Å². The van der Waals surface area contributed by atoms with E-state index >= 15 is 0 Å². The van der Waals surface area contributed by atoms with E-state index in [4.69, 9.17) is 43.1 Å². The second-order valence-electron chi connectivity index (χ2n) is 6.21. The van der Waals surface area contributed by atoms with Crippen LogP contribution >= 0.6 is 23.2 Å². The van der Waals surface area contributed by atoms with Crippen LogP contribution < -0.4 is 36.1 Å². The summed E-state index contributed by atoms with van der Waals surface area (Å²) in [7, 11) is 3.10. The van der Waals surface area contributed by atoms with Gasteiger partial charge in [-0.15, -0.1) is 0 Å². The molecule has 5 N–H and O–H groups in total. The van der Waals surface area contributed by atoms with Gasteiger partial charge >= 0.3 is 0 Å². The van der Waals surface area contributed by atoms with E-state index in [-0.39, 0.29) is 18.1 Å². The van der Waals surface area contributed by atoms with Crippen LogP contribution in [0.3, 0.4) is 0 Å². The molecular formula is C20H20Cl2N6O4. The highest BCUT2D eigenvalue weighted by Crippen LogP contribution is 2.33. The molecule has 0 saturated heterocycles. The maximum absolute atomic E-state index is 12.1. The minimum atomic E-state index is -0.488. The van der Waals surface area contributed by atoms with Crippen molar-refractivity contribution < 1.29 is 19.0 Å². The largest absolute Gasteiger partial charge is 0.497 e. The summed E-state index contributed by atoms with van der Waals surface area (Å²) >= 11 is 11.9.